The largest absolute Gasteiger partial charge is 0.367 e. The minimum absolute atomic E-state index is 0.0134. The zero-order valence-corrected chi connectivity index (χ0v) is 9.43. The molecular formula is C11H15N3O2. The lowest BCUT2D eigenvalue weighted by molar-refractivity contribution is -0.385. The van der Waals surface area contributed by atoms with Crippen molar-refractivity contribution in [3.63, 3.8) is 0 Å². The van der Waals surface area contributed by atoms with Crippen LogP contribution in [0.5, 0.6) is 0 Å². The second-order valence-corrected chi connectivity index (χ2v) is 3.69. The van der Waals surface area contributed by atoms with E-state index in [2.05, 4.69) is 16.9 Å². The maximum Gasteiger partial charge on any atom is 0.287 e. The Kier molecular flexibility index (Phi) is 3.99. The van der Waals surface area contributed by atoms with Crippen LogP contribution in [0.4, 0.5) is 11.5 Å². The van der Waals surface area contributed by atoms with E-state index in [0.717, 1.165) is 12.0 Å². The first-order valence-electron chi connectivity index (χ1n) is 5.03. The zero-order valence-electron chi connectivity index (χ0n) is 9.43. The molecule has 1 N–H and O–H groups in total. The number of aromatic nitrogens is 1. The van der Waals surface area contributed by atoms with Gasteiger partial charge in [-0.1, -0.05) is 6.08 Å². The standard InChI is InChI=1S/C11H15N3O2/c1-4-5-9(3)13-11-8(2)6-10(7-12-11)14(15)16/h4,6-7,9H,1,5H2,2-3H3,(H,12,13). The smallest absolute Gasteiger partial charge is 0.287 e. The molecule has 0 aliphatic heterocycles. The second kappa shape index (κ2) is 5.25. The van der Waals surface area contributed by atoms with Crippen molar-refractivity contribution in [1.29, 1.82) is 0 Å². The van der Waals surface area contributed by atoms with E-state index < -0.39 is 4.92 Å². The zero-order chi connectivity index (χ0) is 12.1. The predicted molar refractivity (Wildman–Crippen MR) is 63.5 cm³/mol. The van der Waals surface area contributed by atoms with Crippen molar-refractivity contribution in [2.45, 2.75) is 26.3 Å². The molecule has 0 bridgehead atoms. The molecule has 0 spiro atoms. The summed E-state index contributed by atoms with van der Waals surface area (Å²) in [6, 6.07) is 1.72. The van der Waals surface area contributed by atoms with Gasteiger partial charge in [-0.2, -0.15) is 0 Å². The van der Waals surface area contributed by atoms with E-state index in [4.69, 9.17) is 0 Å². The van der Waals surface area contributed by atoms with Gasteiger partial charge in [0, 0.05) is 12.1 Å². The molecule has 5 heteroatoms. The van der Waals surface area contributed by atoms with Crippen LogP contribution in [0.2, 0.25) is 0 Å². The molecule has 0 saturated carbocycles. The number of aryl methyl sites for hydroxylation is 1. The fourth-order valence-electron chi connectivity index (χ4n) is 1.35. The molecule has 0 aliphatic carbocycles. The van der Waals surface area contributed by atoms with Crippen LogP contribution in [-0.2, 0) is 0 Å². The fraction of sp³-hybridized carbons (Fsp3) is 0.364. The molecule has 1 heterocycles. The molecule has 0 aliphatic rings. The van der Waals surface area contributed by atoms with Gasteiger partial charge in [0.25, 0.3) is 5.69 Å². The molecule has 1 aromatic rings. The van der Waals surface area contributed by atoms with Gasteiger partial charge >= 0.3 is 0 Å². The van der Waals surface area contributed by atoms with Crippen LogP contribution in [0, 0.1) is 17.0 Å². The van der Waals surface area contributed by atoms with Crippen molar-refractivity contribution in [2.75, 3.05) is 5.32 Å². The molecule has 86 valence electrons. The predicted octanol–water partition coefficient (Wildman–Crippen LogP) is 2.67. The number of nitrogens with zero attached hydrogens (tertiary/aromatic N) is 2. The van der Waals surface area contributed by atoms with Crippen LogP contribution in [-0.4, -0.2) is 15.9 Å². The molecule has 0 fully saturated rings. The van der Waals surface area contributed by atoms with E-state index in [-0.39, 0.29) is 11.7 Å². The van der Waals surface area contributed by atoms with E-state index in [1.165, 1.54) is 12.3 Å². The maximum atomic E-state index is 10.5. The number of nitrogens with one attached hydrogen (secondary N) is 1. The minimum atomic E-state index is -0.447. The van der Waals surface area contributed by atoms with Crippen LogP contribution in [0.3, 0.4) is 0 Å². The molecular weight excluding hydrogens is 206 g/mol. The Morgan fingerprint density at radius 2 is 2.44 bits per heavy atom. The van der Waals surface area contributed by atoms with Crippen molar-refractivity contribution < 1.29 is 4.92 Å². The maximum absolute atomic E-state index is 10.5. The van der Waals surface area contributed by atoms with Crippen molar-refractivity contribution in [1.82, 2.24) is 4.98 Å². The van der Waals surface area contributed by atoms with Gasteiger partial charge < -0.3 is 5.32 Å². The van der Waals surface area contributed by atoms with Gasteiger partial charge in [0.2, 0.25) is 0 Å². The molecule has 0 radical (unpaired) electrons. The molecule has 1 unspecified atom stereocenters. The van der Waals surface area contributed by atoms with Crippen molar-refractivity contribution >= 4 is 11.5 Å². The normalized spacial score (nSPS) is 11.9. The highest BCUT2D eigenvalue weighted by atomic mass is 16.6. The Hall–Kier alpha value is -1.91. The molecule has 0 saturated heterocycles. The molecule has 0 amide bonds. The summed E-state index contributed by atoms with van der Waals surface area (Å²) in [5.74, 6) is 0.681. The van der Waals surface area contributed by atoms with E-state index in [9.17, 15) is 10.1 Å². The van der Waals surface area contributed by atoms with E-state index in [1.807, 2.05) is 13.0 Å². The summed E-state index contributed by atoms with van der Waals surface area (Å²) in [4.78, 5) is 14.1. The lowest BCUT2D eigenvalue weighted by atomic mass is 10.2. The molecule has 1 rings (SSSR count). The van der Waals surface area contributed by atoms with Gasteiger partial charge in [0.05, 0.1) is 4.92 Å². The highest BCUT2D eigenvalue weighted by molar-refractivity contribution is 5.48. The Labute approximate surface area is 94.4 Å². The molecule has 1 atom stereocenters. The average molecular weight is 221 g/mol. The number of hydrogen-bond donors (Lipinski definition) is 1. The Balaban J connectivity index is 2.82. The summed E-state index contributed by atoms with van der Waals surface area (Å²) < 4.78 is 0. The summed E-state index contributed by atoms with van der Waals surface area (Å²) in [6.07, 6.45) is 3.90. The third-order valence-corrected chi connectivity index (χ3v) is 2.18. The number of hydrogen-bond acceptors (Lipinski definition) is 4. The number of nitro groups is 1. The minimum Gasteiger partial charge on any atom is -0.367 e. The first-order chi connectivity index (χ1) is 7.54. The van der Waals surface area contributed by atoms with Crippen molar-refractivity contribution in [2.24, 2.45) is 0 Å². The van der Waals surface area contributed by atoms with Crippen LogP contribution >= 0.6 is 0 Å². The van der Waals surface area contributed by atoms with Gasteiger partial charge in [-0.3, -0.25) is 10.1 Å². The van der Waals surface area contributed by atoms with Crippen LogP contribution in [0.25, 0.3) is 0 Å². The number of anilines is 1. The summed E-state index contributed by atoms with van der Waals surface area (Å²) in [7, 11) is 0. The quantitative estimate of drug-likeness (QED) is 0.471. The lowest BCUT2D eigenvalue weighted by Crippen LogP contribution is -2.15. The molecule has 0 aromatic carbocycles. The lowest BCUT2D eigenvalue weighted by Gasteiger charge is -2.13. The van der Waals surface area contributed by atoms with Crippen LogP contribution < -0.4 is 5.32 Å². The molecule has 1 aromatic heterocycles. The van der Waals surface area contributed by atoms with E-state index in [0.29, 0.717) is 5.82 Å². The first kappa shape index (κ1) is 12.2. The van der Waals surface area contributed by atoms with Crippen LogP contribution in [0.15, 0.2) is 24.9 Å². The summed E-state index contributed by atoms with van der Waals surface area (Å²) in [5.41, 5.74) is 0.782. The van der Waals surface area contributed by atoms with Gasteiger partial charge in [-0.05, 0) is 25.8 Å². The summed E-state index contributed by atoms with van der Waals surface area (Å²) in [6.45, 7) is 7.45. The molecule has 16 heavy (non-hydrogen) atoms. The monoisotopic (exact) mass is 221 g/mol. The summed E-state index contributed by atoms with van der Waals surface area (Å²) >= 11 is 0. The summed E-state index contributed by atoms with van der Waals surface area (Å²) in [5, 5.41) is 13.7. The first-order valence-corrected chi connectivity index (χ1v) is 5.03. The average Bonchev–Trinajstić information content (AvgIpc) is 2.21. The van der Waals surface area contributed by atoms with Gasteiger partial charge in [-0.25, -0.2) is 4.98 Å². The van der Waals surface area contributed by atoms with E-state index >= 15 is 0 Å². The SMILES string of the molecule is C=CCC(C)Nc1ncc([N+](=O)[O-])cc1C. The van der Waals surface area contributed by atoms with Gasteiger partial charge in [-0.15, -0.1) is 6.58 Å². The Bertz CT molecular complexity index is 404. The third-order valence-electron chi connectivity index (χ3n) is 2.18. The van der Waals surface area contributed by atoms with Crippen molar-refractivity contribution in [3.05, 3.63) is 40.6 Å². The number of pyridine rings is 1. The van der Waals surface area contributed by atoms with Gasteiger partial charge in [0.1, 0.15) is 12.0 Å². The number of rotatable bonds is 5. The third kappa shape index (κ3) is 3.05. The highest BCUT2D eigenvalue weighted by Crippen LogP contribution is 2.18. The van der Waals surface area contributed by atoms with Crippen molar-refractivity contribution in [3.8, 4) is 0 Å². The Morgan fingerprint density at radius 3 is 2.94 bits per heavy atom. The second-order valence-electron chi connectivity index (χ2n) is 3.69. The highest BCUT2D eigenvalue weighted by Gasteiger charge is 2.10. The Morgan fingerprint density at radius 1 is 1.75 bits per heavy atom. The fourth-order valence-corrected chi connectivity index (χ4v) is 1.35. The van der Waals surface area contributed by atoms with Crippen LogP contribution in [0.1, 0.15) is 18.9 Å². The van der Waals surface area contributed by atoms with E-state index in [1.54, 1.807) is 6.92 Å². The topological polar surface area (TPSA) is 68.1 Å². The van der Waals surface area contributed by atoms with Gasteiger partial charge in [0.15, 0.2) is 0 Å². The molecule has 5 nitrogen and oxygen atoms in total.